The number of hydrogen-bond acceptors (Lipinski definition) is 4. The Morgan fingerprint density at radius 3 is 2.31 bits per heavy atom. The van der Waals surface area contributed by atoms with Gasteiger partial charge < -0.3 is 15.9 Å². The van der Waals surface area contributed by atoms with Gasteiger partial charge in [0.1, 0.15) is 9.57 Å². The van der Waals surface area contributed by atoms with Crippen LogP contribution in [0.15, 0.2) is 48.5 Å². The highest BCUT2D eigenvalue weighted by molar-refractivity contribution is 8.23. The number of carbonyl (C=O) groups is 1. The van der Waals surface area contributed by atoms with Crippen LogP contribution in [0.5, 0.6) is 0 Å². The zero-order chi connectivity index (χ0) is 19.5. The van der Waals surface area contributed by atoms with Crippen LogP contribution in [0.1, 0.15) is 18.9 Å². The van der Waals surface area contributed by atoms with E-state index in [0.29, 0.717) is 17.9 Å². The molecule has 0 radical (unpaired) electrons. The van der Waals surface area contributed by atoms with Gasteiger partial charge in [0.15, 0.2) is 0 Å². The van der Waals surface area contributed by atoms with E-state index < -0.39 is 11.2 Å². The molecule has 2 aromatic rings. The molecule has 1 atom stereocenters. The van der Waals surface area contributed by atoms with Crippen molar-refractivity contribution in [2.24, 2.45) is 5.73 Å². The first-order chi connectivity index (χ1) is 12.4. The number of aliphatic carboxylic acids is 1. The number of aliphatic hydroxyl groups excluding tert-OH is 1. The second-order valence-electron chi connectivity index (χ2n) is 5.30. The molecule has 0 amide bonds. The smallest absolute Gasteiger partial charge is 0.317 e. The van der Waals surface area contributed by atoms with Crippen molar-refractivity contribution in [1.82, 2.24) is 0 Å². The molecule has 4 nitrogen and oxygen atoms in total. The number of rotatable bonds is 6. The van der Waals surface area contributed by atoms with E-state index in [4.69, 9.17) is 34.7 Å². The van der Waals surface area contributed by atoms with Gasteiger partial charge in [-0.05, 0) is 37.0 Å². The highest BCUT2D eigenvalue weighted by Crippen LogP contribution is 2.28. The molecule has 0 aliphatic heterocycles. The maximum absolute atomic E-state index is 11.2. The van der Waals surface area contributed by atoms with Gasteiger partial charge in [-0.2, -0.15) is 0 Å². The van der Waals surface area contributed by atoms with E-state index in [1.54, 1.807) is 6.92 Å². The summed E-state index contributed by atoms with van der Waals surface area (Å²) < 4.78 is 0.159. The van der Waals surface area contributed by atoms with Gasteiger partial charge in [-0.15, -0.1) is 0 Å². The van der Waals surface area contributed by atoms with Crippen molar-refractivity contribution in [2.75, 3.05) is 6.61 Å². The minimum atomic E-state index is -0.893. The summed E-state index contributed by atoms with van der Waals surface area (Å²) in [7, 11) is 0. The lowest BCUT2D eigenvalue weighted by Gasteiger charge is -2.11. The molecule has 26 heavy (non-hydrogen) atoms. The van der Waals surface area contributed by atoms with Crippen molar-refractivity contribution in [2.45, 2.75) is 25.0 Å². The zero-order valence-corrected chi connectivity index (χ0v) is 16.8. The number of nitrogens with two attached hydrogens (primary N) is 1. The number of carboxylic acids is 1. The van der Waals surface area contributed by atoms with Gasteiger partial charge >= 0.3 is 5.97 Å². The van der Waals surface area contributed by atoms with Crippen LogP contribution in [0, 0.1) is 0 Å². The van der Waals surface area contributed by atoms with Crippen LogP contribution < -0.4 is 5.73 Å². The lowest BCUT2D eigenvalue weighted by Crippen LogP contribution is -2.21. The average molecular weight is 412 g/mol. The van der Waals surface area contributed by atoms with Gasteiger partial charge in [0.25, 0.3) is 0 Å². The third kappa shape index (κ3) is 7.74. The van der Waals surface area contributed by atoms with Crippen LogP contribution in [0.2, 0.25) is 5.02 Å². The van der Waals surface area contributed by atoms with Crippen LogP contribution >= 0.6 is 35.6 Å². The Balaban J connectivity index is 0.00000105. The summed E-state index contributed by atoms with van der Waals surface area (Å²) in [6.07, 6.45) is 1.12. The highest BCUT2D eigenvalue weighted by atomic mass is 35.5. The average Bonchev–Trinajstić information content (AvgIpc) is 2.60. The van der Waals surface area contributed by atoms with Crippen LogP contribution in [-0.4, -0.2) is 32.4 Å². The monoisotopic (exact) mass is 411 g/mol. The predicted molar refractivity (Wildman–Crippen MR) is 114 cm³/mol. The molecule has 0 aliphatic rings. The molecule has 0 heterocycles. The van der Waals surface area contributed by atoms with Crippen molar-refractivity contribution >= 4 is 45.9 Å². The third-order valence-electron chi connectivity index (χ3n) is 3.37. The number of carboxylic acid groups (broad SMARTS) is 1. The van der Waals surface area contributed by atoms with E-state index in [9.17, 15) is 9.90 Å². The van der Waals surface area contributed by atoms with Crippen LogP contribution in [0.3, 0.4) is 0 Å². The van der Waals surface area contributed by atoms with E-state index >= 15 is 0 Å². The standard InChI is InChI=1S/C17H16ClNO2S2.C2H6O/c18-14-4-2-1-3-13(14)12-8-5-11(6-9-12)7-10-15(16(20)21)23-17(19)22;1-2-3/h1-6,8-9,15H,7,10H2,(H2,19,22)(H,20,21);3H,2H2,1H3. The summed E-state index contributed by atoms with van der Waals surface area (Å²) >= 11 is 12.0. The second kappa shape index (κ2) is 11.9. The highest BCUT2D eigenvalue weighted by Gasteiger charge is 2.19. The first kappa shape index (κ1) is 22.4. The Bertz CT molecular complexity index is 723. The van der Waals surface area contributed by atoms with E-state index in [2.05, 4.69) is 0 Å². The van der Waals surface area contributed by atoms with Crippen molar-refractivity contribution in [1.29, 1.82) is 0 Å². The predicted octanol–water partition coefficient (Wildman–Crippen LogP) is 4.37. The fourth-order valence-electron chi connectivity index (χ4n) is 2.22. The Labute approximate surface area is 168 Å². The first-order valence-corrected chi connectivity index (χ1v) is 9.69. The second-order valence-corrected chi connectivity index (χ2v) is 7.65. The minimum absolute atomic E-state index is 0.159. The Morgan fingerprint density at radius 1 is 1.23 bits per heavy atom. The molecule has 0 aromatic heterocycles. The molecule has 4 N–H and O–H groups in total. The van der Waals surface area contributed by atoms with Crippen molar-refractivity contribution in [3.05, 3.63) is 59.1 Å². The SMILES string of the molecule is CCO.NC(=S)SC(CCc1ccc(-c2ccccc2Cl)cc1)C(=O)O. The molecule has 0 aliphatic carbocycles. The summed E-state index contributed by atoms with van der Waals surface area (Å²) in [4.78, 5) is 11.2. The minimum Gasteiger partial charge on any atom is -0.480 e. The third-order valence-corrected chi connectivity index (χ3v) is 4.94. The summed E-state index contributed by atoms with van der Waals surface area (Å²) in [6, 6.07) is 15.6. The normalized spacial score (nSPS) is 11.2. The number of benzene rings is 2. The van der Waals surface area contributed by atoms with Gasteiger partial charge in [0, 0.05) is 17.2 Å². The topological polar surface area (TPSA) is 83.5 Å². The van der Waals surface area contributed by atoms with E-state index in [0.717, 1.165) is 28.5 Å². The number of halogens is 1. The molecule has 1 unspecified atom stereocenters. The molecule has 2 aromatic carbocycles. The molecular weight excluding hydrogens is 390 g/mol. The van der Waals surface area contributed by atoms with E-state index in [-0.39, 0.29) is 10.9 Å². The summed E-state index contributed by atoms with van der Waals surface area (Å²) in [5, 5.41) is 16.8. The quantitative estimate of drug-likeness (QED) is 0.612. The molecule has 0 saturated carbocycles. The Hall–Kier alpha value is -1.60. The number of thioether (sulfide) groups is 1. The van der Waals surface area contributed by atoms with E-state index in [1.165, 1.54) is 0 Å². The van der Waals surface area contributed by atoms with Crippen molar-refractivity contribution in [3.63, 3.8) is 0 Å². The molecule has 0 spiro atoms. The maximum atomic E-state index is 11.2. The fourth-order valence-corrected chi connectivity index (χ4v) is 3.43. The first-order valence-electron chi connectivity index (χ1n) is 8.02. The lowest BCUT2D eigenvalue weighted by atomic mass is 10.0. The molecule has 0 fully saturated rings. The van der Waals surface area contributed by atoms with Crippen molar-refractivity contribution in [3.8, 4) is 11.1 Å². The number of hydrogen-bond donors (Lipinski definition) is 3. The van der Waals surface area contributed by atoms with Gasteiger partial charge in [-0.3, -0.25) is 4.79 Å². The molecule has 2 rings (SSSR count). The van der Waals surface area contributed by atoms with Gasteiger partial charge in [0.05, 0.1) is 0 Å². The van der Waals surface area contributed by atoms with Gasteiger partial charge in [0.2, 0.25) is 0 Å². The number of thiocarbonyl (C=S) groups is 1. The van der Waals surface area contributed by atoms with Crippen LogP contribution in [0.4, 0.5) is 0 Å². The molecule has 0 bridgehead atoms. The number of aryl methyl sites for hydroxylation is 1. The number of aliphatic hydroxyl groups is 1. The largest absolute Gasteiger partial charge is 0.480 e. The molecule has 0 saturated heterocycles. The van der Waals surface area contributed by atoms with Crippen LogP contribution in [-0.2, 0) is 11.2 Å². The van der Waals surface area contributed by atoms with Crippen LogP contribution in [0.25, 0.3) is 11.1 Å². The van der Waals surface area contributed by atoms with E-state index in [1.807, 2.05) is 48.5 Å². The summed E-state index contributed by atoms with van der Waals surface area (Å²) in [6.45, 7) is 1.93. The molecule has 7 heteroatoms. The van der Waals surface area contributed by atoms with Crippen molar-refractivity contribution < 1.29 is 15.0 Å². The molecule has 140 valence electrons. The van der Waals surface area contributed by atoms with Gasteiger partial charge in [-0.1, -0.05) is 78.0 Å². The molecular formula is C19H22ClNO3S2. The Kier molecular flexibility index (Phi) is 10.3. The summed E-state index contributed by atoms with van der Waals surface area (Å²) in [5.74, 6) is -0.893. The zero-order valence-electron chi connectivity index (χ0n) is 14.4. The lowest BCUT2D eigenvalue weighted by molar-refractivity contribution is -0.136. The fraction of sp³-hybridized carbons (Fsp3) is 0.263. The Morgan fingerprint density at radius 2 is 1.81 bits per heavy atom. The van der Waals surface area contributed by atoms with Gasteiger partial charge in [-0.25, -0.2) is 0 Å². The summed E-state index contributed by atoms with van der Waals surface area (Å²) in [5.41, 5.74) is 8.50. The maximum Gasteiger partial charge on any atom is 0.317 e.